The third kappa shape index (κ3) is 2.63. The molecule has 0 aliphatic carbocycles. The summed E-state index contributed by atoms with van der Waals surface area (Å²) in [5.41, 5.74) is 0.947. The number of halogens is 1. The number of rotatable bonds is 2. The SMILES string of the molecule is N=C1S/C(=C\c2cccc(Br)c2)C(=O)[C@H]1c1nccs1. The van der Waals surface area contributed by atoms with E-state index in [4.69, 9.17) is 5.41 Å². The molecule has 0 spiro atoms. The average molecular weight is 365 g/mol. The summed E-state index contributed by atoms with van der Waals surface area (Å²) in [5, 5.41) is 10.9. The van der Waals surface area contributed by atoms with E-state index in [2.05, 4.69) is 20.9 Å². The van der Waals surface area contributed by atoms with Gasteiger partial charge in [0.15, 0.2) is 5.78 Å². The summed E-state index contributed by atoms with van der Waals surface area (Å²) >= 11 is 6.05. The van der Waals surface area contributed by atoms with Crippen LogP contribution in [0.1, 0.15) is 16.5 Å². The highest BCUT2D eigenvalue weighted by molar-refractivity contribution is 9.10. The summed E-state index contributed by atoms with van der Waals surface area (Å²) in [7, 11) is 0. The lowest BCUT2D eigenvalue weighted by Crippen LogP contribution is -2.11. The zero-order valence-corrected chi connectivity index (χ0v) is 13.4. The predicted molar refractivity (Wildman–Crippen MR) is 87.3 cm³/mol. The number of Topliss-reactive ketones (excluding diaryl/α,β-unsaturated/α-hetero) is 1. The lowest BCUT2D eigenvalue weighted by molar-refractivity contribution is -0.114. The van der Waals surface area contributed by atoms with Crippen LogP contribution in [0.15, 0.2) is 45.2 Å². The molecule has 20 heavy (non-hydrogen) atoms. The first kappa shape index (κ1) is 13.7. The van der Waals surface area contributed by atoms with Crippen molar-refractivity contribution in [1.82, 2.24) is 4.98 Å². The Hall–Kier alpha value is -1.24. The maximum atomic E-state index is 12.4. The minimum atomic E-state index is -0.515. The summed E-state index contributed by atoms with van der Waals surface area (Å²) in [6.07, 6.45) is 3.50. The molecule has 0 radical (unpaired) electrons. The van der Waals surface area contributed by atoms with E-state index in [9.17, 15) is 4.79 Å². The third-order valence-corrected chi connectivity index (χ3v) is 5.16. The minimum absolute atomic E-state index is 0.0325. The minimum Gasteiger partial charge on any atom is -0.297 e. The van der Waals surface area contributed by atoms with Gasteiger partial charge in [0.05, 0.1) is 9.95 Å². The molecule has 3 nitrogen and oxygen atoms in total. The molecule has 0 unspecified atom stereocenters. The van der Waals surface area contributed by atoms with Crippen molar-refractivity contribution in [2.75, 3.05) is 0 Å². The van der Waals surface area contributed by atoms with Crippen LogP contribution in [0.25, 0.3) is 6.08 Å². The van der Waals surface area contributed by atoms with Gasteiger partial charge < -0.3 is 0 Å². The smallest absolute Gasteiger partial charge is 0.186 e. The molecule has 100 valence electrons. The number of carbonyl (C=O) groups is 1. The Bertz CT molecular complexity index is 710. The Morgan fingerprint density at radius 1 is 1.40 bits per heavy atom. The molecule has 1 atom stereocenters. The molecule has 3 rings (SSSR count). The number of carbonyl (C=O) groups excluding carboxylic acids is 1. The van der Waals surface area contributed by atoms with E-state index in [-0.39, 0.29) is 5.78 Å². The maximum Gasteiger partial charge on any atom is 0.186 e. The van der Waals surface area contributed by atoms with Crippen LogP contribution in [-0.2, 0) is 4.79 Å². The molecule has 0 amide bonds. The van der Waals surface area contributed by atoms with Gasteiger partial charge >= 0.3 is 0 Å². The molecule has 1 saturated heterocycles. The lowest BCUT2D eigenvalue weighted by atomic mass is 10.1. The van der Waals surface area contributed by atoms with Crippen molar-refractivity contribution in [2.24, 2.45) is 0 Å². The Labute approximate surface area is 132 Å². The lowest BCUT2D eigenvalue weighted by Gasteiger charge is -2.01. The molecule has 1 aliphatic rings. The van der Waals surface area contributed by atoms with Crippen LogP contribution in [0.4, 0.5) is 0 Å². The summed E-state index contributed by atoms with van der Waals surface area (Å²) in [6.45, 7) is 0. The van der Waals surface area contributed by atoms with Crippen LogP contribution in [0.2, 0.25) is 0 Å². The van der Waals surface area contributed by atoms with Crippen LogP contribution in [0, 0.1) is 5.41 Å². The van der Waals surface area contributed by atoms with Crippen molar-refractivity contribution in [3.63, 3.8) is 0 Å². The van der Waals surface area contributed by atoms with E-state index in [1.807, 2.05) is 35.7 Å². The quantitative estimate of drug-likeness (QED) is 0.807. The third-order valence-electron chi connectivity index (χ3n) is 2.83. The second-order valence-electron chi connectivity index (χ2n) is 4.20. The van der Waals surface area contributed by atoms with E-state index in [0.717, 1.165) is 10.0 Å². The average Bonchev–Trinajstić information content (AvgIpc) is 2.99. The largest absolute Gasteiger partial charge is 0.297 e. The zero-order valence-electron chi connectivity index (χ0n) is 10.2. The molecule has 0 saturated carbocycles. The van der Waals surface area contributed by atoms with Gasteiger partial charge in [0, 0.05) is 16.0 Å². The van der Waals surface area contributed by atoms with Crippen LogP contribution in [0.5, 0.6) is 0 Å². The monoisotopic (exact) mass is 364 g/mol. The number of thiazole rings is 1. The summed E-state index contributed by atoms with van der Waals surface area (Å²) in [5.74, 6) is -0.548. The standard InChI is InChI=1S/C14H9BrN2OS2/c15-9-3-1-2-8(6-9)7-10-12(18)11(13(16)20-10)14-17-4-5-19-14/h1-7,11,16H/b10-7-,16-13?/t11-/m1/s1. The van der Waals surface area contributed by atoms with Crippen LogP contribution in [-0.4, -0.2) is 15.8 Å². The molecule has 2 aromatic rings. The Morgan fingerprint density at radius 2 is 2.25 bits per heavy atom. The molecule has 1 aliphatic heterocycles. The van der Waals surface area contributed by atoms with E-state index in [1.165, 1.54) is 23.1 Å². The fourth-order valence-corrected chi connectivity index (χ4v) is 4.16. The van der Waals surface area contributed by atoms with Gasteiger partial charge in [0.1, 0.15) is 10.9 Å². The number of thioether (sulfide) groups is 1. The number of hydrogen-bond donors (Lipinski definition) is 1. The predicted octanol–water partition coefficient (Wildman–Crippen LogP) is 4.32. The molecule has 1 aromatic carbocycles. The van der Waals surface area contributed by atoms with Crippen LogP contribution >= 0.6 is 39.0 Å². The summed E-state index contributed by atoms with van der Waals surface area (Å²) < 4.78 is 0.967. The highest BCUT2D eigenvalue weighted by Gasteiger charge is 2.38. The van der Waals surface area contributed by atoms with Gasteiger partial charge in [-0.25, -0.2) is 4.98 Å². The second-order valence-corrected chi connectivity index (χ2v) is 7.12. The van der Waals surface area contributed by atoms with Crippen molar-refractivity contribution in [3.05, 3.63) is 55.8 Å². The molecule has 1 aromatic heterocycles. The number of aromatic nitrogens is 1. The van der Waals surface area contributed by atoms with Gasteiger partial charge in [-0.15, -0.1) is 11.3 Å². The first-order valence-corrected chi connectivity index (χ1v) is 8.31. The van der Waals surface area contributed by atoms with Gasteiger partial charge in [-0.3, -0.25) is 10.2 Å². The Kier molecular flexibility index (Phi) is 3.87. The fourth-order valence-electron chi connectivity index (χ4n) is 1.94. The van der Waals surface area contributed by atoms with Gasteiger partial charge in [0.2, 0.25) is 0 Å². The summed E-state index contributed by atoms with van der Waals surface area (Å²) in [4.78, 5) is 17.2. The molecular weight excluding hydrogens is 356 g/mol. The molecule has 1 N–H and O–H groups in total. The van der Waals surface area contributed by atoms with Gasteiger partial charge in [-0.2, -0.15) is 0 Å². The summed E-state index contributed by atoms with van der Waals surface area (Å²) in [6, 6.07) is 7.74. The normalized spacial score (nSPS) is 20.9. The van der Waals surface area contributed by atoms with Gasteiger partial charge in [-0.1, -0.05) is 39.8 Å². The van der Waals surface area contributed by atoms with E-state index in [1.54, 1.807) is 6.20 Å². The number of allylic oxidation sites excluding steroid dienone is 1. The van der Waals surface area contributed by atoms with Crippen molar-refractivity contribution in [1.29, 1.82) is 5.41 Å². The Balaban J connectivity index is 1.94. The van der Waals surface area contributed by atoms with Crippen LogP contribution < -0.4 is 0 Å². The fraction of sp³-hybridized carbons (Fsp3) is 0.0714. The first-order valence-electron chi connectivity index (χ1n) is 5.82. The highest BCUT2D eigenvalue weighted by Crippen LogP contribution is 2.41. The molecule has 0 bridgehead atoms. The number of hydrogen-bond acceptors (Lipinski definition) is 5. The van der Waals surface area contributed by atoms with E-state index >= 15 is 0 Å². The van der Waals surface area contributed by atoms with Crippen molar-refractivity contribution in [3.8, 4) is 0 Å². The first-order chi connectivity index (χ1) is 9.65. The number of benzene rings is 1. The second kappa shape index (κ2) is 5.63. The molecule has 2 heterocycles. The highest BCUT2D eigenvalue weighted by atomic mass is 79.9. The Morgan fingerprint density at radius 3 is 2.95 bits per heavy atom. The molecule has 1 fully saturated rings. The number of nitrogens with one attached hydrogen (secondary N) is 1. The van der Waals surface area contributed by atoms with Gasteiger partial charge in [-0.05, 0) is 23.8 Å². The van der Waals surface area contributed by atoms with Crippen molar-refractivity contribution >= 4 is 55.9 Å². The number of ketones is 1. The van der Waals surface area contributed by atoms with Gasteiger partial charge in [0.25, 0.3) is 0 Å². The van der Waals surface area contributed by atoms with E-state index < -0.39 is 5.92 Å². The van der Waals surface area contributed by atoms with Crippen molar-refractivity contribution in [2.45, 2.75) is 5.92 Å². The van der Waals surface area contributed by atoms with Crippen LogP contribution in [0.3, 0.4) is 0 Å². The molecule has 6 heteroatoms. The topological polar surface area (TPSA) is 53.8 Å². The number of nitrogens with zero attached hydrogens (tertiary/aromatic N) is 1. The van der Waals surface area contributed by atoms with Crippen molar-refractivity contribution < 1.29 is 4.79 Å². The maximum absolute atomic E-state index is 12.4. The zero-order chi connectivity index (χ0) is 14.1. The van der Waals surface area contributed by atoms with E-state index in [0.29, 0.717) is 15.0 Å². The molecular formula is C14H9BrN2OS2.